The Kier molecular flexibility index (Phi) is 4.26. The third kappa shape index (κ3) is 2.84. The molecule has 8 heteroatoms. The number of anilines is 1. The summed E-state index contributed by atoms with van der Waals surface area (Å²) in [5.41, 5.74) is 6.59. The SMILES string of the molecule is Cc1nc(N)c(C)c(C)c1C(=O)Oc1c(F)c(F)cc(F)c1F. The summed E-state index contributed by atoms with van der Waals surface area (Å²) >= 11 is 0. The van der Waals surface area contributed by atoms with Crippen molar-refractivity contribution in [1.29, 1.82) is 0 Å². The van der Waals surface area contributed by atoms with E-state index >= 15 is 0 Å². The van der Waals surface area contributed by atoms with Gasteiger partial charge in [0.2, 0.25) is 17.4 Å². The number of halogens is 4. The predicted octanol–water partition coefficient (Wildman–Crippen LogP) is 3.36. The molecular weight excluding hydrogens is 316 g/mol. The fourth-order valence-corrected chi connectivity index (χ4v) is 2.06. The molecule has 0 fully saturated rings. The van der Waals surface area contributed by atoms with Crippen LogP contribution in [0, 0.1) is 44.0 Å². The first-order valence-corrected chi connectivity index (χ1v) is 6.43. The lowest BCUT2D eigenvalue weighted by atomic mass is 10.0. The van der Waals surface area contributed by atoms with E-state index in [1.54, 1.807) is 6.92 Å². The molecule has 0 spiro atoms. The Hall–Kier alpha value is -2.64. The van der Waals surface area contributed by atoms with E-state index in [0.29, 0.717) is 11.1 Å². The molecule has 122 valence electrons. The number of aryl methyl sites for hydroxylation is 1. The molecular formula is C15H12F4N2O2. The molecule has 0 radical (unpaired) electrons. The fraction of sp³-hybridized carbons (Fsp3) is 0.200. The second-order valence-corrected chi connectivity index (χ2v) is 4.89. The average Bonchev–Trinajstić information content (AvgIpc) is 2.47. The van der Waals surface area contributed by atoms with Crippen molar-refractivity contribution in [3.63, 3.8) is 0 Å². The number of esters is 1. The summed E-state index contributed by atoms with van der Waals surface area (Å²) in [5, 5.41) is 0. The zero-order chi connectivity index (χ0) is 17.5. The van der Waals surface area contributed by atoms with Crippen LogP contribution in [0.25, 0.3) is 0 Å². The van der Waals surface area contributed by atoms with Crippen LogP contribution in [0.1, 0.15) is 27.2 Å². The minimum Gasteiger partial charge on any atom is -0.416 e. The number of nitrogens with two attached hydrogens (primary N) is 1. The van der Waals surface area contributed by atoms with Crippen molar-refractivity contribution in [2.75, 3.05) is 5.73 Å². The number of carbonyl (C=O) groups is 1. The van der Waals surface area contributed by atoms with E-state index in [9.17, 15) is 22.4 Å². The number of rotatable bonds is 2. The number of aromatic nitrogens is 1. The largest absolute Gasteiger partial charge is 0.416 e. The smallest absolute Gasteiger partial charge is 0.345 e. The number of nitrogens with zero attached hydrogens (tertiary/aromatic N) is 1. The average molecular weight is 328 g/mol. The Morgan fingerprint density at radius 2 is 1.57 bits per heavy atom. The maximum absolute atomic E-state index is 13.6. The maximum atomic E-state index is 13.6. The van der Waals surface area contributed by atoms with Gasteiger partial charge in [0.1, 0.15) is 5.82 Å². The summed E-state index contributed by atoms with van der Waals surface area (Å²) in [7, 11) is 0. The lowest BCUT2D eigenvalue weighted by molar-refractivity contribution is 0.0715. The summed E-state index contributed by atoms with van der Waals surface area (Å²) in [6.07, 6.45) is 0. The predicted molar refractivity (Wildman–Crippen MR) is 74.1 cm³/mol. The van der Waals surface area contributed by atoms with E-state index in [0.717, 1.165) is 0 Å². The number of hydrogen-bond donors (Lipinski definition) is 1. The van der Waals surface area contributed by atoms with Gasteiger partial charge in [-0.2, -0.15) is 8.78 Å². The molecule has 4 nitrogen and oxygen atoms in total. The van der Waals surface area contributed by atoms with Crippen LogP contribution in [-0.4, -0.2) is 11.0 Å². The molecule has 0 amide bonds. The third-order valence-electron chi connectivity index (χ3n) is 3.44. The lowest BCUT2D eigenvalue weighted by Crippen LogP contribution is -2.17. The second kappa shape index (κ2) is 5.86. The molecule has 1 heterocycles. The second-order valence-electron chi connectivity index (χ2n) is 4.89. The Bertz CT molecular complexity index is 796. The normalized spacial score (nSPS) is 10.7. The molecule has 1 aromatic carbocycles. The monoisotopic (exact) mass is 328 g/mol. The molecule has 23 heavy (non-hydrogen) atoms. The molecule has 0 saturated heterocycles. The standard InChI is InChI=1S/C15H12F4N2O2/c1-5-6(2)14(20)21-7(3)10(5)15(22)23-13-11(18)8(16)4-9(17)12(13)19/h4H,1-3H3,(H2,20,21). The van der Waals surface area contributed by atoms with Crippen LogP contribution in [0.4, 0.5) is 23.4 Å². The molecule has 0 unspecified atom stereocenters. The van der Waals surface area contributed by atoms with Crippen LogP contribution in [0.5, 0.6) is 5.75 Å². The van der Waals surface area contributed by atoms with Crippen LogP contribution in [0.3, 0.4) is 0 Å². The van der Waals surface area contributed by atoms with Crippen LogP contribution in [0.2, 0.25) is 0 Å². The summed E-state index contributed by atoms with van der Waals surface area (Å²) in [4.78, 5) is 16.1. The van der Waals surface area contributed by atoms with E-state index in [1.165, 1.54) is 13.8 Å². The van der Waals surface area contributed by atoms with E-state index in [-0.39, 0.29) is 23.1 Å². The Labute approximate surface area is 128 Å². The van der Waals surface area contributed by atoms with Crippen molar-refractivity contribution in [3.05, 3.63) is 51.7 Å². The molecule has 0 saturated carbocycles. The van der Waals surface area contributed by atoms with Gasteiger partial charge in [0.25, 0.3) is 0 Å². The molecule has 2 aromatic rings. The van der Waals surface area contributed by atoms with Gasteiger partial charge in [-0.15, -0.1) is 0 Å². The molecule has 0 aliphatic rings. The fourth-order valence-electron chi connectivity index (χ4n) is 2.06. The third-order valence-corrected chi connectivity index (χ3v) is 3.44. The van der Waals surface area contributed by atoms with Crippen molar-refractivity contribution in [2.45, 2.75) is 20.8 Å². The van der Waals surface area contributed by atoms with Gasteiger partial charge in [0, 0.05) is 6.07 Å². The van der Waals surface area contributed by atoms with Crippen molar-refractivity contribution in [1.82, 2.24) is 4.98 Å². The van der Waals surface area contributed by atoms with Gasteiger partial charge >= 0.3 is 5.97 Å². The Morgan fingerprint density at radius 1 is 1.04 bits per heavy atom. The maximum Gasteiger partial charge on any atom is 0.345 e. The first-order chi connectivity index (χ1) is 10.6. The van der Waals surface area contributed by atoms with Gasteiger partial charge in [0.05, 0.1) is 11.3 Å². The van der Waals surface area contributed by atoms with Crippen molar-refractivity contribution >= 4 is 11.8 Å². The number of ether oxygens (including phenoxy) is 1. The molecule has 0 atom stereocenters. The first-order valence-electron chi connectivity index (χ1n) is 6.43. The van der Waals surface area contributed by atoms with Crippen LogP contribution < -0.4 is 10.5 Å². The van der Waals surface area contributed by atoms with Crippen molar-refractivity contribution < 1.29 is 27.1 Å². The summed E-state index contributed by atoms with van der Waals surface area (Å²) < 4.78 is 58.0. The van der Waals surface area contributed by atoms with Gasteiger partial charge in [0.15, 0.2) is 11.6 Å². The highest BCUT2D eigenvalue weighted by Gasteiger charge is 2.26. The molecule has 0 aliphatic heterocycles. The number of pyridine rings is 1. The minimum atomic E-state index is -1.80. The zero-order valence-corrected chi connectivity index (χ0v) is 12.4. The van der Waals surface area contributed by atoms with Crippen molar-refractivity contribution in [3.8, 4) is 5.75 Å². The molecule has 1 aromatic heterocycles. The molecule has 2 N–H and O–H groups in total. The zero-order valence-electron chi connectivity index (χ0n) is 12.4. The van der Waals surface area contributed by atoms with E-state index in [4.69, 9.17) is 5.73 Å². The Balaban J connectivity index is 2.52. The van der Waals surface area contributed by atoms with E-state index in [2.05, 4.69) is 9.72 Å². The molecule has 2 rings (SSSR count). The van der Waals surface area contributed by atoms with Gasteiger partial charge in [-0.05, 0) is 31.9 Å². The highest BCUT2D eigenvalue weighted by atomic mass is 19.2. The van der Waals surface area contributed by atoms with Gasteiger partial charge < -0.3 is 10.5 Å². The quantitative estimate of drug-likeness (QED) is 0.397. The molecule has 0 aliphatic carbocycles. The number of nitrogen functional groups attached to an aromatic ring is 1. The topological polar surface area (TPSA) is 65.2 Å². The van der Waals surface area contributed by atoms with Gasteiger partial charge in [-0.1, -0.05) is 0 Å². The Morgan fingerprint density at radius 3 is 2.09 bits per heavy atom. The van der Waals surface area contributed by atoms with E-state index < -0.39 is 35.0 Å². The summed E-state index contributed by atoms with van der Waals surface area (Å²) in [6, 6.07) is 0.0213. The highest BCUT2D eigenvalue weighted by molar-refractivity contribution is 5.94. The van der Waals surface area contributed by atoms with Crippen molar-refractivity contribution in [2.24, 2.45) is 0 Å². The highest BCUT2D eigenvalue weighted by Crippen LogP contribution is 2.28. The number of carbonyl (C=O) groups excluding carboxylic acids is 1. The van der Waals surface area contributed by atoms with Gasteiger partial charge in [-0.25, -0.2) is 18.6 Å². The van der Waals surface area contributed by atoms with Crippen LogP contribution >= 0.6 is 0 Å². The summed E-state index contributed by atoms with van der Waals surface area (Å²) in [6.45, 7) is 4.57. The van der Waals surface area contributed by atoms with Crippen LogP contribution in [0.15, 0.2) is 6.07 Å². The van der Waals surface area contributed by atoms with Crippen LogP contribution in [-0.2, 0) is 0 Å². The summed E-state index contributed by atoms with van der Waals surface area (Å²) in [5.74, 6) is -9.40. The number of hydrogen-bond acceptors (Lipinski definition) is 4. The number of benzene rings is 1. The molecule has 0 bridgehead atoms. The first kappa shape index (κ1) is 16.7. The lowest BCUT2D eigenvalue weighted by Gasteiger charge is -2.13. The van der Waals surface area contributed by atoms with E-state index in [1.807, 2.05) is 0 Å². The van der Waals surface area contributed by atoms with Gasteiger partial charge in [-0.3, -0.25) is 0 Å². The minimum absolute atomic E-state index is 0.0213.